The molecule has 1 aliphatic rings. The van der Waals surface area contributed by atoms with Crippen LogP contribution in [0.25, 0.3) is 0 Å². The molecule has 46 heavy (non-hydrogen) atoms. The number of sulfonamides is 1. The van der Waals surface area contributed by atoms with E-state index < -0.39 is 46.1 Å². The highest BCUT2D eigenvalue weighted by Crippen LogP contribution is 2.34. The third-order valence-corrected chi connectivity index (χ3v) is 9.15. The van der Waals surface area contributed by atoms with Gasteiger partial charge in [-0.05, 0) is 66.6 Å². The lowest BCUT2D eigenvalue weighted by atomic mass is 10.0. The maximum Gasteiger partial charge on any atom is 0.264 e. The number of hydrogen-bond acceptors (Lipinski definition) is 6. The van der Waals surface area contributed by atoms with E-state index in [4.69, 9.17) is 9.47 Å². The summed E-state index contributed by atoms with van der Waals surface area (Å²) in [4.78, 5) is 29.0. The average Bonchev–Trinajstić information content (AvgIpc) is 3.06. The molecule has 9 nitrogen and oxygen atoms in total. The second kappa shape index (κ2) is 14.4. The van der Waals surface area contributed by atoms with Gasteiger partial charge in [0.15, 0.2) is 11.5 Å². The highest BCUT2D eigenvalue weighted by Gasteiger charge is 2.35. The number of amides is 2. The molecule has 1 aliphatic heterocycles. The summed E-state index contributed by atoms with van der Waals surface area (Å²) in [5.74, 6) is -1.60. The lowest BCUT2D eigenvalue weighted by Crippen LogP contribution is -2.53. The van der Waals surface area contributed by atoms with Crippen molar-refractivity contribution >= 4 is 27.5 Å². The van der Waals surface area contributed by atoms with Crippen LogP contribution in [0.1, 0.15) is 18.1 Å². The number of rotatable bonds is 12. The summed E-state index contributed by atoms with van der Waals surface area (Å²) in [5.41, 5.74) is 1.33. The summed E-state index contributed by atoms with van der Waals surface area (Å²) in [6.07, 6.45) is 0.130. The Morgan fingerprint density at radius 3 is 2.11 bits per heavy atom. The van der Waals surface area contributed by atoms with Crippen molar-refractivity contribution in [2.75, 3.05) is 30.6 Å². The Labute approximate surface area is 266 Å². The smallest absolute Gasteiger partial charge is 0.264 e. The van der Waals surface area contributed by atoms with Gasteiger partial charge in [0.25, 0.3) is 10.0 Å². The van der Waals surface area contributed by atoms with Gasteiger partial charge in [-0.15, -0.1) is 0 Å². The van der Waals surface area contributed by atoms with Crippen LogP contribution in [0, 0.1) is 11.6 Å². The molecule has 0 unspecified atom stereocenters. The zero-order valence-corrected chi connectivity index (χ0v) is 25.9. The fourth-order valence-electron chi connectivity index (χ4n) is 5.08. The summed E-state index contributed by atoms with van der Waals surface area (Å²) >= 11 is 0. The number of nitrogens with zero attached hydrogens (tertiary/aromatic N) is 2. The monoisotopic (exact) mass is 649 g/mol. The van der Waals surface area contributed by atoms with Gasteiger partial charge in [0, 0.05) is 25.6 Å². The van der Waals surface area contributed by atoms with E-state index in [2.05, 4.69) is 5.32 Å². The molecular formula is C34H33F2N3O6S. The fourth-order valence-corrected chi connectivity index (χ4v) is 6.51. The van der Waals surface area contributed by atoms with Crippen molar-refractivity contribution in [3.8, 4) is 11.5 Å². The van der Waals surface area contributed by atoms with E-state index in [0.717, 1.165) is 22.0 Å². The number of ether oxygens (including phenoxy) is 2. The molecule has 0 radical (unpaired) electrons. The Morgan fingerprint density at radius 2 is 1.46 bits per heavy atom. The van der Waals surface area contributed by atoms with Gasteiger partial charge in [0.2, 0.25) is 11.8 Å². The molecule has 0 saturated carbocycles. The topological polar surface area (TPSA) is 105 Å². The van der Waals surface area contributed by atoms with Crippen molar-refractivity contribution in [3.05, 3.63) is 120 Å². The quantitative estimate of drug-likeness (QED) is 0.239. The Kier molecular flexibility index (Phi) is 10.2. The molecule has 2 amide bonds. The second-order valence-corrected chi connectivity index (χ2v) is 12.4. The van der Waals surface area contributed by atoms with Crippen LogP contribution in [0.3, 0.4) is 0 Å². The molecule has 0 fully saturated rings. The number of carbonyl (C=O) groups is 2. The Bertz CT molecular complexity index is 1770. The van der Waals surface area contributed by atoms with E-state index in [-0.39, 0.29) is 35.9 Å². The van der Waals surface area contributed by atoms with Crippen LogP contribution in [0.2, 0.25) is 0 Å². The highest BCUT2D eigenvalue weighted by atomic mass is 32.2. The fraction of sp³-hybridized carbons (Fsp3) is 0.235. The minimum absolute atomic E-state index is 0.0315. The molecule has 12 heteroatoms. The molecule has 0 bridgehead atoms. The molecule has 0 spiro atoms. The van der Waals surface area contributed by atoms with Gasteiger partial charge in [-0.2, -0.15) is 0 Å². The molecule has 1 N–H and O–H groups in total. The number of halogens is 2. The Balaban J connectivity index is 1.56. The minimum Gasteiger partial charge on any atom is -0.486 e. The zero-order chi connectivity index (χ0) is 32.7. The van der Waals surface area contributed by atoms with Crippen molar-refractivity contribution in [1.82, 2.24) is 10.2 Å². The number of nitrogens with one attached hydrogen (secondary N) is 1. The van der Waals surface area contributed by atoms with E-state index in [1.165, 1.54) is 59.5 Å². The normalized spacial score (nSPS) is 13.0. The van der Waals surface area contributed by atoms with Crippen LogP contribution in [0.4, 0.5) is 14.5 Å². The van der Waals surface area contributed by atoms with Crippen LogP contribution in [0.15, 0.2) is 102 Å². The highest BCUT2D eigenvalue weighted by molar-refractivity contribution is 7.92. The minimum atomic E-state index is -4.44. The van der Waals surface area contributed by atoms with Gasteiger partial charge in [0.05, 0.1) is 10.6 Å². The molecule has 240 valence electrons. The van der Waals surface area contributed by atoms with Crippen molar-refractivity contribution in [2.45, 2.75) is 30.8 Å². The molecular weight excluding hydrogens is 616 g/mol. The first kappa shape index (κ1) is 32.4. The van der Waals surface area contributed by atoms with Gasteiger partial charge in [-0.25, -0.2) is 17.2 Å². The van der Waals surface area contributed by atoms with Crippen molar-refractivity contribution in [3.63, 3.8) is 0 Å². The molecule has 4 aromatic carbocycles. The number of fused-ring (bicyclic) bond motifs is 1. The molecule has 1 atom stereocenters. The van der Waals surface area contributed by atoms with E-state index >= 15 is 0 Å². The van der Waals surface area contributed by atoms with Crippen LogP contribution < -0.4 is 19.1 Å². The van der Waals surface area contributed by atoms with Crippen LogP contribution in [-0.2, 0) is 32.6 Å². The summed E-state index contributed by atoms with van der Waals surface area (Å²) in [6.45, 7) is 1.75. The Morgan fingerprint density at radius 1 is 0.826 bits per heavy atom. The average molecular weight is 650 g/mol. The second-order valence-electron chi connectivity index (χ2n) is 10.5. The predicted octanol–water partition coefficient (Wildman–Crippen LogP) is 4.71. The summed E-state index contributed by atoms with van der Waals surface area (Å²) in [6, 6.07) is 22.4. The number of benzene rings is 4. The van der Waals surface area contributed by atoms with Gasteiger partial charge in [-0.3, -0.25) is 13.9 Å². The molecule has 5 rings (SSSR count). The number of carbonyl (C=O) groups excluding carboxylic acids is 2. The number of likely N-dealkylation sites (N-methyl/N-ethyl adjacent to an activating group) is 1. The van der Waals surface area contributed by atoms with Crippen molar-refractivity contribution in [1.29, 1.82) is 0 Å². The summed E-state index contributed by atoms with van der Waals surface area (Å²) < 4.78 is 68.1. The summed E-state index contributed by atoms with van der Waals surface area (Å²) in [7, 11) is -4.44. The van der Waals surface area contributed by atoms with Crippen molar-refractivity contribution < 1.29 is 36.3 Å². The summed E-state index contributed by atoms with van der Waals surface area (Å²) in [5, 5.41) is 2.78. The van der Waals surface area contributed by atoms with Crippen LogP contribution in [0.5, 0.6) is 11.5 Å². The maximum absolute atomic E-state index is 14.4. The zero-order valence-electron chi connectivity index (χ0n) is 25.1. The number of hydrogen-bond donors (Lipinski definition) is 1. The first-order valence-corrected chi connectivity index (χ1v) is 16.1. The maximum atomic E-state index is 14.4. The van der Waals surface area contributed by atoms with E-state index in [1.54, 1.807) is 6.92 Å². The number of anilines is 1. The first-order valence-electron chi connectivity index (χ1n) is 14.7. The molecule has 0 aliphatic carbocycles. The van der Waals surface area contributed by atoms with E-state index in [1.807, 2.05) is 30.3 Å². The molecule has 4 aromatic rings. The Hall–Kier alpha value is -4.97. The molecule has 0 saturated heterocycles. The van der Waals surface area contributed by atoms with Gasteiger partial charge in [-0.1, -0.05) is 42.5 Å². The van der Waals surface area contributed by atoms with E-state index in [0.29, 0.717) is 24.5 Å². The predicted molar refractivity (Wildman–Crippen MR) is 168 cm³/mol. The third kappa shape index (κ3) is 7.63. The van der Waals surface area contributed by atoms with Gasteiger partial charge >= 0.3 is 0 Å². The van der Waals surface area contributed by atoms with Crippen LogP contribution >= 0.6 is 0 Å². The van der Waals surface area contributed by atoms with E-state index in [9.17, 15) is 26.8 Å². The van der Waals surface area contributed by atoms with Crippen molar-refractivity contribution in [2.24, 2.45) is 0 Å². The molecule has 0 aromatic heterocycles. The lowest BCUT2D eigenvalue weighted by molar-refractivity contribution is -0.140. The van der Waals surface area contributed by atoms with Gasteiger partial charge < -0.3 is 19.7 Å². The first-order chi connectivity index (χ1) is 22.2. The molecule has 1 heterocycles. The van der Waals surface area contributed by atoms with Crippen LogP contribution in [-0.4, -0.2) is 57.5 Å². The SMILES string of the molecule is CCNC(=O)[C@@H](Cc1ccccc1)N(Cc1ccc(F)cc1)C(=O)CN(c1ccc(F)cc1)S(=O)(=O)c1ccc2c(c1)OCCO2. The lowest BCUT2D eigenvalue weighted by Gasteiger charge is -2.34. The largest absolute Gasteiger partial charge is 0.486 e. The third-order valence-electron chi connectivity index (χ3n) is 7.38. The standard InChI is InChI=1S/C34H33F2N3O6S/c1-2-37-34(41)30(20-24-6-4-3-5-7-24)38(22-25-8-10-26(35)11-9-25)33(40)23-39(28-14-12-27(36)13-15-28)46(42,43)29-16-17-31-32(21-29)45-19-18-44-31/h3-17,21,30H,2,18-20,22-23H2,1H3,(H,37,41)/t30-/m1/s1. The van der Waals surface area contributed by atoms with Gasteiger partial charge in [0.1, 0.15) is 37.4 Å².